The maximum absolute atomic E-state index is 12.5. The van der Waals surface area contributed by atoms with E-state index in [1.807, 2.05) is 0 Å². The summed E-state index contributed by atoms with van der Waals surface area (Å²) in [5, 5.41) is 12.2. The SMILES string of the molecule is O=C(O)CC1COCCN1C(=O)C1CCCCCN1. The van der Waals surface area contributed by atoms with Crippen molar-refractivity contribution in [2.75, 3.05) is 26.3 Å². The molecule has 0 spiro atoms. The first-order valence-corrected chi connectivity index (χ1v) is 7.02. The van der Waals surface area contributed by atoms with Crippen LogP contribution in [0.1, 0.15) is 32.1 Å². The third-order valence-electron chi connectivity index (χ3n) is 3.78. The van der Waals surface area contributed by atoms with Crippen LogP contribution in [-0.2, 0) is 14.3 Å². The second-order valence-corrected chi connectivity index (χ2v) is 5.21. The average Bonchev–Trinajstić information content (AvgIpc) is 2.67. The van der Waals surface area contributed by atoms with Crippen LogP contribution in [0.15, 0.2) is 0 Å². The molecule has 2 N–H and O–H groups in total. The maximum atomic E-state index is 12.5. The molecular weight excluding hydrogens is 248 g/mol. The number of nitrogens with one attached hydrogen (secondary N) is 1. The summed E-state index contributed by atoms with van der Waals surface area (Å²) in [7, 11) is 0. The fourth-order valence-corrected chi connectivity index (χ4v) is 2.76. The van der Waals surface area contributed by atoms with Crippen molar-refractivity contribution >= 4 is 11.9 Å². The largest absolute Gasteiger partial charge is 0.481 e. The van der Waals surface area contributed by atoms with Gasteiger partial charge in [0.15, 0.2) is 0 Å². The zero-order valence-electron chi connectivity index (χ0n) is 11.1. The van der Waals surface area contributed by atoms with Crippen LogP contribution in [0, 0.1) is 0 Å². The van der Waals surface area contributed by atoms with Crippen LogP contribution in [0.3, 0.4) is 0 Å². The molecule has 0 aliphatic carbocycles. The Bertz CT molecular complexity index is 327. The van der Waals surface area contributed by atoms with Crippen LogP contribution >= 0.6 is 0 Å². The number of morpholine rings is 1. The number of amides is 1. The highest BCUT2D eigenvalue weighted by Crippen LogP contribution is 2.16. The highest BCUT2D eigenvalue weighted by Gasteiger charge is 2.33. The minimum atomic E-state index is -0.887. The lowest BCUT2D eigenvalue weighted by Crippen LogP contribution is -2.55. The highest BCUT2D eigenvalue weighted by molar-refractivity contribution is 5.83. The minimum absolute atomic E-state index is 0.0384. The van der Waals surface area contributed by atoms with Crippen molar-refractivity contribution in [3.05, 3.63) is 0 Å². The zero-order chi connectivity index (χ0) is 13.7. The van der Waals surface area contributed by atoms with Gasteiger partial charge in [0, 0.05) is 6.54 Å². The topological polar surface area (TPSA) is 78.9 Å². The van der Waals surface area contributed by atoms with Crippen molar-refractivity contribution in [1.29, 1.82) is 0 Å². The second kappa shape index (κ2) is 6.86. The summed E-state index contributed by atoms with van der Waals surface area (Å²) in [6, 6.07) is -0.485. The van der Waals surface area contributed by atoms with E-state index < -0.39 is 5.97 Å². The van der Waals surface area contributed by atoms with Crippen molar-refractivity contribution < 1.29 is 19.4 Å². The normalized spacial score (nSPS) is 28.7. The number of rotatable bonds is 3. The number of hydrogen-bond acceptors (Lipinski definition) is 4. The molecule has 2 atom stereocenters. The van der Waals surface area contributed by atoms with Gasteiger partial charge in [-0.25, -0.2) is 0 Å². The number of nitrogens with zero attached hydrogens (tertiary/aromatic N) is 1. The predicted molar refractivity (Wildman–Crippen MR) is 68.8 cm³/mol. The van der Waals surface area contributed by atoms with Crippen LogP contribution in [0.4, 0.5) is 0 Å². The highest BCUT2D eigenvalue weighted by atomic mass is 16.5. The summed E-state index contributed by atoms with van der Waals surface area (Å²) < 4.78 is 5.30. The first-order valence-electron chi connectivity index (χ1n) is 7.02. The Morgan fingerprint density at radius 3 is 2.95 bits per heavy atom. The lowest BCUT2D eigenvalue weighted by atomic mass is 10.1. The number of carbonyl (C=O) groups is 2. The van der Waals surface area contributed by atoms with Crippen LogP contribution in [0.2, 0.25) is 0 Å². The molecular formula is C13H22N2O4. The van der Waals surface area contributed by atoms with E-state index in [4.69, 9.17) is 9.84 Å². The zero-order valence-corrected chi connectivity index (χ0v) is 11.1. The van der Waals surface area contributed by atoms with E-state index >= 15 is 0 Å². The third kappa shape index (κ3) is 3.91. The summed E-state index contributed by atoms with van der Waals surface area (Å²) in [4.78, 5) is 25.1. The van der Waals surface area contributed by atoms with Crippen molar-refractivity contribution in [2.24, 2.45) is 0 Å². The van der Waals surface area contributed by atoms with Crippen molar-refractivity contribution in [2.45, 2.75) is 44.2 Å². The van der Waals surface area contributed by atoms with E-state index in [0.717, 1.165) is 32.2 Å². The Kier molecular flexibility index (Phi) is 5.15. The summed E-state index contributed by atoms with van der Waals surface area (Å²) >= 11 is 0. The molecule has 2 fully saturated rings. The van der Waals surface area contributed by atoms with E-state index in [0.29, 0.717) is 19.8 Å². The van der Waals surface area contributed by atoms with Gasteiger partial charge in [0.2, 0.25) is 5.91 Å². The molecule has 2 rings (SSSR count). The van der Waals surface area contributed by atoms with E-state index in [9.17, 15) is 9.59 Å². The van der Waals surface area contributed by atoms with Crippen molar-refractivity contribution in [1.82, 2.24) is 10.2 Å². The smallest absolute Gasteiger partial charge is 0.305 e. The van der Waals surface area contributed by atoms with Gasteiger partial charge in [-0.05, 0) is 19.4 Å². The van der Waals surface area contributed by atoms with E-state index in [-0.39, 0.29) is 24.4 Å². The van der Waals surface area contributed by atoms with Crippen molar-refractivity contribution in [3.8, 4) is 0 Å². The first-order chi connectivity index (χ1) is 9.18. The number of carboxylic acid groups (broad SMARTS) is 1. The monoisotopic (exact) mass is 270 g/mol. The Balaban J connectivity index is 1.99. The van der Waals surface area contributed by atoms with Gasteiger partial charge in [0.05, 0.1) is 31.7 Å². The van der Waals surface area contributed by atoms with Gasteiger partial charge in [-0.1, -0.05) is 12.8 Å². The van der Waals surface area contributed by atoms with Crippen LogP contribution in [0.5, 0.6) is 0 Å². The molecule has 0 aromatic carbocycles. The number of ether oxygens (including phenoxy) is 1. The molecule has 0 radical (unpaired) electrons. The molecule has 0 aromatic rings. The van der Waals surface area contributed by atoms with Crippen LogP contribution < -0.4 is 5.32 Å². The van der Waals surface area contributed by atoms with Crippen LogP contribution in [0.25, 0.3) is 0 Å². The minimum Gasteiger partial charge on any atom is -0.481 e. The van der Waals surface area contributed by atoms with Crippen LogP contribution in [-0.4, -0.2) is 60.3 Å². The molecule has 19 heavy (non-hydrogen) atoms. The average molecular weight is 270 g/mol. The number of hydrogen-bond donors (Lipinski definition) is 2. The summed E-state index contributed by atoms with van der Waals surface area (Å²) in [5.41, 5.74) is 0. The molecule has 0 saturated carbocycles. The van der Waals surface area contributed by atoms with E-state index in [1.54, 1.807) is 4.90 Å². The lowest BCUT2D eigenvalue weighted by Gasteiger charge is -2.37. The number of carboxylic acids is 1. The standard InChI is InChI=1S/C13H22N2O4/c16-12(17)8-10-9-19-7-6-15(10)13(18)11-4-2-1-3-5-14-11/h10-11,14H,1-9H2,(H,16,17). The fraction of sp³-hybridized carbons (Fsp3) is 0.846. The van der Waals surface area contributed by atoms with Gasteiger partial charge < -0.3 is 20.1 Å². The number of aliphatic carboxylic acids is 1. The molecule has 2 aliphatic heterocycles. The Morgan fingerprint density at radius 1 is 1.32 bits per heavy atom. The quantitative estimate of drug-likeness (QED) is 0.767. The Labute approximate surface area is 113 Å². The molecule has 2 unspecified atom stereocenters. The van der Waals surface area contributed by atoms with Gasteiger partial charge in [0.1, 0.15) is 0 Å². The molecule has 1 amide bonds. The molecule has 6 heteroatoms. The molecule has 2 heterocycles. The fourth-order valence-electron chi connectivity index (χ4n) is 2.76. The van der Waals surface area contributed by atoms with Crippen molar-refractivity contribution in [3.63, 3.8) is 0 Å². The molecule has 108 valence electrons. The Hall–Kier alpha value is -1.14. The lowest BCUT2D eigenvalue weighted by molar-refractivity contribution is -0.147. The molecule has 0 aromatic heterocycles. The van der Waals surface area contributed by atoms with E-state index in [1.165, 1.54) is 0 Å². The first kappa shape index (κ1) is 14.3. The van der Waals surface area contributed by atoms with Gasteiger partial charge in [0.25, 0.3) is 0 Å². The second-order valence-electron chi connectivity index (χ2n) is 5.21. The van der Waals surface area contributed by atoms with Gasteiger partial charge in [-0.15, -0.1) is 0 Å². The van der Waals surface area contributed by atoms with Gasteiger partial charge in [-0.2, -0.15) is 0 Å². The number of carbonyl (C=O) groups excluding carboxylic acids is 1. The van der Waals surface area contributed by atoms with E-state index in [2.05, 4.69) is 5.32 Å². The van der Waals surface area contributed by atoms with Gasteiger partial charge in [-0.3, -0.25) is 9.59 Å². The van der Waals surface area contributed by atoms with Gasteiger partial charge >= 0.3 is 5.97 Å². The summed E-state index contributed by atoms with van der Waals surface area (Å²) in [5.74, 6) is -0.849. The predicted octanol–water partition coefficient (Wildman–Crippen LogP) is 0.221. The Morgan fingerprint density at radius 2 is 2.16 bits per heavy atom. The summed E-state index contributed by atoms with van der Waals surface area (Å²) in [6.07, 6.45) is 4.11. The molecule has 2 saturated heterocycles. The molecule has 6 nitrogen and oxygen atoms in total. The molecule has 2 aliphatic rings. The summed E-state index contributed by atoms with van der Waals surface area (Å²) in [6.45, 7) is 2.18. The maximum Gasteiger partial charge on any atom is 0.305 e. The third-order valence-corrected chi connectivity index (χ3v) is 3.78. The molecule has 0 bridgehead atoms.